The molecule has 146 valence electrons. The summed E-state index contributed by atoms with van der Waals surface area (Å²) in [5.41, 5.74) is 0.729. The Balaban J connectivity index is 1.77. The first kappa shape index (κ1) is 18.4. The van der Waals surface area contributed by atoms with Crippen molar-refractivity contribution in [3.05, 3.63) is 54.4 Å². The molecule has 0 amide bonds. The van der Waals surface area contributed by atoms with Crippen LogP contribution in [0.1, 0.15) is 10.4 Å². The van der Waals surface area contributed by atoms with Crippen LogP contribution in [0.15, 0.2) is 58.2 Å². The first-order chi connectivity index (χ1) is 13.4. The summed E-state index contributed by atoms with van der Waals surface area (Å²) in [5, 5.41) is 13.8. The highest BCUT2D eigenvalue weighted by Crippen LogP contribution is 2.24. The number of carboxylic acids is 1. The Bertz CT molecular complexity index is 1100. The number of ether oxygens (including phenoxy) is 1. The van der Waals surface area contributed by atoms with Crippen molar-refractivity contribution in [2.45, 2.75) is 4.90 Å². The van der Waals surface area contributed by atoms with Gasteiger partial charge in [-0.3, -0.25) is 0 Å². The van der Waals surface area contributed by atoms with Crippen molar-refractivity contribution in [1.82, 2.24) is 14.1 Å². The van der Waals surface area contributed by atoms with Gasteiger partial charge in [-0.25, -0.2) is 17.9 Å². The van der Waals surface area contributed by atoms with Crippen LogP contribution in [0, 0.1) is 0 Å². The zero-order valence-electron chi connectivity index (χ0n) is 14.7. The number of morpholine rings is 1. The lowest BCUT2D eigenvalue weighted by Gasteiger charge is -2.26. The number of aromatic nitrogens is 2. The van der Waals surface area contributed by atoms with Crippen LogP contribution in [0.5, 0.6) is 0 Å². The minimum Gasteiger partial charge on any atom is -0.478 e. The Morgan fingerprint density at radius 2 is 1.93 bits per heavy atom. The third-order valence-electron chi connectivity index (χ3n) is 4.37. The van der Waals surface area contributed by atoms with Crippen LogP contribution in [-0.4, -0.2) is 59.9 Å². The predicted molar refractivity (Wildman–Crippen MR) is 97.8 cm³/mol. The van der Waals surface area contributed by atoms with Crippen LogP contribution in [-0.2, 0) is 14.8 Å². The molecule has 2 aromatic heterocycles. The van der Waals surface area contributed by atoms with Crippen LogP contribution in [0.4, 0.5) is 0 Å². The zero-order chi connectivity index (χ0) is 19.7. The minimum atomic E-state index is -3.85. The zero-order valence-corrected chi connectivity index (χ0v) is 15.5. The fourth-order valence-corrected chi connectivity index (χ4v) is 4.42. The number of sulfonamides is 1. The van der Waals surface area contributed by atoms with Gasteiger partial charge in [-0.15, -0.1) is 0 Å². The molecule has 1 saturated heterocycles. The second-order valence-electron chi connectivity index (χ2n) is 6.16. The maximum atomic E-state index is 13.0. The molecule has 0 radical (unpaired) electrons. The van der Waals surface area contributed by atoms with E-state index >= 15 is 0 Å². The molecule has 1 aliphatic rings. The number of furan rings is 1. The highest BCUT2D eigenvalue weighted by Gasteiger charge is 2.28. The summed E-state index contributed by atoms with van der Waals surface area (Å²) in [7, 11) is -3.85. The number of carbonyl (C=O) groups is 1. The van der Waals surface area contributed by atoms with Gasteiger partial charge in [0, 0.05) is 19.3 Å². The molecule has 4 rings (SSSR count). The van der Waals surface area contributed by atoms with E-state index in [0.29, 0.717) is 30.4 Å². The van der Waals surface area contributed by atoms with Crippen molar-refractivity contribution in [1.29, 1.82) is 0 Å². The summed E-state index contributed by atoms with van der Waals surface area (Å²) in [6.45, 7) is 1.05. The molecule has 1 N–H and O–H groups in total. The first-order valence-electron chi connectivity index (χ1n) is 8.51. The summed E-state index contributed by atoms with van der Waals surface area (Å²) in [6, 6.07) is 9.12. The van der Waals surface area contributed by atoms with E-state index in [4.69, 9.17) is 9.15 Å². The van der Waals surface area contributed by atoms with Gasteiger partial charge in [0.25, 0.3) is 0 Å². The molecule has 0 aliphatic carbocycles. The normalized spacial score (nSPS) is 15.6. The van der Waals surface area contributed by atoms with Gasteiger partial charge in [0.2, 0.25) is 10.0 Å². The molecule has 3 aromatic rings. The Kier molecular flexibility index (Phi) is 4.75. The van der Waals surface area contributed by atoms with E-state index in [-0.39, 0.29) is 23.5 Å². The third kappa shape index (κ3) is 3.44. The average molecular weight is 403 g/mol. The molecular formula is C18H17N3O6S. The van der Waals surface area contributed by atoms with Gasteiger partial charge >= 0.3 is 5.97 Å². The minimum absolute atomic E-state index is 0.0978. The Morgan fingerprint density at radius 3 is 2.61 bits per heavy atom. The van der Waals surface area contributed by atoms with E-state index in [1.54, 1.807) is 24.4 Å². The van der Waals surface area contributed by atoms with E-state index in [9.17, 15) is 18.3 Å². The highest BCUT2D eigenvalue weighted by molar-refractivity contribution is 7.89. The van der Waals surface area contributed by atoms with E-state index < -0.39 is 16.0 Å². The number of rotatable bonds is 5. The van der Waals surface area contributed by atoms with Gasteiger partial charge in [-0.05, 0) is 36.4 Å². The molecule has 0 unspecified atom stereocenters. The van der Waals surface area contributed by atoms with Crippen LogP contribution in [0.3, 0.4) is 0 Å². The lowest BCUT2D eigenvalue weighted by atomic mass is 10.2. The Morgan fingerprint density at radius 1 is 1.14 bits per heavy atom. The van der Waals surface area contributed by atoms with Crippen molar-refractivity contribution in [2.24, 2.45) is 0 Å². The molecular weight excluding hydrogens is 386 g/mol. The molecule has 9 nitrogen and oxygen atoms in total. The van der Waals surface area contributed by atoms with Crippen LogP contribution >= 0.6 is 0 Å². The fraction of sp³-hybridized carbons (Fsp3) is 0.222. The smallest absolute Gasteiger partial charge is 0.335 e. The Labute approximate surface area is 160 Å². The lowest BCUT2D eigenvalue weighted by molar-refractivity contribution is 0.0696. The maximum absolute atomic E-state index is 13.0. The second kappa shape index (κ2) is 7.23. The second-order valence-corrected chi connectivity index (χ2v) is 8.10. The van der Waals surface area contributed by atoms with Crippen molar-refractivity contribution >= 4 is 16.0 Å². The van der Waals surface area contributed by atoms with Crippen molar-refractivity contribution in [2.75, 3.05) is 26.3 Å². The van der Waals surface area contributed by atoms with E-state index in [1.165, 1.54) is 27.4 Å². The largest absolute Gasteiger partial charge is 0.478 e. The number of nitrogens with zero attached hydrogens (tertiary/aromatic N) is 3. The molecule has 1 fully saturated rings. The number of aromatic carboxylic acids is 1. The lowest BCUT2D eigenvalue weighted by Crippen LogP contribution is -2.40. The maximum Gasteiger partial charge on any atom is 0.335 e. The van der Waals surface area contributed by atoms with Gasteiger partial charge in [0.1, 0.15) is 5.69 Å². The molecule has 0 spiro atoms. The van der Waals surface area contributed by atoms with Crippen molar-refractivity contribution in [3.8, 4) is 17.1 Å². The molecule has 0 bridgehead atoms. The summed E-state index contributed by atoms with van der Waals surface area (Å²) < 4.78 is 39.2. The molecule has 0 atom stereocenters. The third-order valence-corrected chi connectivity index (χ3v) is 6.25. The highest BCUT2D eigenvalue weighted by atomic mass is 32.2. The van der Waals surface area contributed by atoms with E-state index in [1.807, 2.05) is 0 Å². The molecule has 3 heterocycles. The average Bonchev–Trinajstić information content (AvgIpc) is 3.40. The van der Waals surface area contributed by atoms with Gasteiger partial charge in [-0.1, -0.05) is 0 Å². The number of benzene rings is 1. The van der Waals surface area contributed by atoms with Gasteiger partial charge in [0.15, 0.2) is 5.76 Å². The van der Waals surface area contributed by atoms with Gasteiger partial charge < -0.3 is 14.3 Å². The summed E-state index contributed by atoms with van der Waals surface area (Å²) in [6.07, 6.45) is 3.14. The molecule has 1 aliphatic heterocycles. The molecule has 0 saturated carbocycles. The fourth-order valence-electron chi connectivity index (χ4n) is 2.95. The van der Waals surface area contributed by atoms with Gasteiger partial charge in [0.05, 0.1) is 35.6 Å². The van der Waals surface area contributed by atoms with E-state index in [0.717, 1.165) is 6.07 Å². The first-order valence-corrected chi connectivity index (χ1v) is 9.95. The summed E-state index contributed by atoms with van der Waals surface area (Å²) in [5.74, 6) is -0.673. The van der Waals surface area contributed by atoms with E-state index in [2.05, 4.69) is 5.10 Å². The monoisotopic (exact) mass is 403 g/mol. The predicted octanol–water partition coefficient (Wildman–Crippen LogP) is 1.85. The van der Waals surface area contributed by atoms with Crippen molar-refractivity contribution < 1.29 is 27.5 Å². The number of carboxylic acid groups (broad SMARTS) is 1. The summed E-state index contributed by atoms with van der Waals surface area (Å²) >= 11 is 0. The van der Waals surface area contributed by atoms with Crippen LogP contribution in [0.2, 0.25) is 0 Å². The Hall–Kier alpha value is -2.95. The standard InChI is InChI=1S/C18H17N3O6S/c22-18(23)13-10-14(21-4-3-16(19-21)17-2-1-7-27-17)12-15(11-13)28(24,25)20-5-8-26-9-6-20/h1-4,7,10-12H,5-6,8-9H2,(H,22,23). The number of hydrogen-bond donors (Lipinski definition) is 1. The molecule has 28 heavy (non-hydrogen) atoms. The van der Waals surface area contributed by atoms with Crippen molar-refractivity contribution in [3.63, 3.8) is 0 Å². The molecule has 1 aromatic carbocycles. The summed E-state index contributed by atoms with van der Waals surface area (Å²) in [4.78, 5) is 11.5. The van der Waals surface area contributed by atoms with Crippen LogP contribution in [0.25, 0.3) is 17.1 Å². The SMILES string of the molecule is O=C(O)c1cc(-n2ccc(-c3ccco3)n2)cc(S(=O)(=O)N2CCOCC2)c1. The number of hydrogen-bond acceptors (Lipinski definition) is 6. The van der Waals surface area contributed by atoms with Gasteiger partial charge in [-0.2, -0.15) is 9.40 Å². The quantitative estimate of drug-likeness (QED) is 0.691. The van der Waals surface area contributed by atoms with Crippen LogP contribution < -0.4 is 0 Å². The molecule has 10 heteroatoms. The topological polar surface area (TPSA) is 115 Å².